The van der Waals surface area contributed by atoms with E-state index in [2.05, 4.69) is 22.4 Å². The number of halogens is 1. The number of likely N-dealkylation sites (N-methyl/N-ethyl adjacent to an activating group) is 1. The highest BCUT2D eigenvalue weighted by molar-refractivity contribution is 5.95. The Balaban J connectivity index is 0.00000225. The molecule has 2 aromatic rings. The fourth-order valence-corrected chi connectivity index (χ4v) is 2.62. The van der Waals surface area contributed by atoms with Gasteiger partial charge in [-0.1, -0.05) is 11.2 Å². The van der Waals surface area contributed by atoms with Gasteiger partial charge in [-0.2, -0.15) is 4.98 Å². The van der Waals surface area contributed by atoms with Crippen molar-refractivity contribution in [3.63, 3.8) is 0 Å². The first-order valence-electron chi connectivity index (χ1n) is 8.17. The molecule has 136 valence electrons. The van der Waals surface area contributed by atoms with Crippen molar-refractivity contribution in [3.05, 3.63) is 36.0 Å². The summed E-state index contributed by atoms with van der Waals surface area (Å²) in [6.07, 6.45) is 2.22. The van der Waals surface area contributed by atoms with Gasteiger partial charge in [0, 0.05) is 37.2 Å². The van der Waals surface area contributed by atoms with Crippen molar-refractivity contribution in [1.29, 1.82) is 0 Å². The molecule has 8 heteroatoms. The van der Waals surface area contributed by atoms with E-state index < -0.39 is 0 Å². The lowest BCUT2D eigenvalue weighted by molar-refractivity contribution is -0.117. The summed E-state index contributed by atoms with van der Waals surface area (Å²) in [4.78, 5) is 17.9. The zero-order chi connectivity index (χ0) is 16.9. The third kappa shape index (κ3) is 4.93. The van der Waals surface area contributed by atoms with Crippen LogP contribution in [0.25, 0.3) is 0 Å². The zero-order valence-corrected chi connectivity index (χ0v) is 15.2. The van der Waals surface area contributed by atoms with Gasteiger partial charge in [0.2, 0.25) is 5.91 Å². The number of ether oxygens (including phenoxy) is 1. The van der Waals surface area contributed by atoms with Gasteiger partial charge in [0.15, 0.2) is 12.4 Å². The smallest absolute Gasteiger partial charge is 0.264 e. The molecule has 0 saturated carbocycles. The monoisotopic (exact) mass is 366 g/mol. The predicted molar refractivity (Wildman–Crippen MR) is 96.1 cm³/mol. The van der Waals surface area contributed by atoms with Crippen LogP contribution in [0.5, 0.6) is 5.75 Å². The van der Waals surface area contributed by atoms with Crippen LogP contribution in [0.3, 0.4) is 0 Å². The fraction of sp³-hybridized carbons (Fsp3) is 0.471. The van der Waals surface area contributed by atoms with Crippen LogP contribution in [0.4, 0.5) is 5.69 Å². The molecule has 1 unspecified atom stereocenters. The largest absolute Gasteiger partial charge is 0.484 e. The molecule has 2 heterocycles. The van der Waals surface area contributed by atoms with Crippen molar-refractivity contribution in [1.82, 2.24) is 15.5 Å². The van der Waals surface area contributed by atoms with Crippen molar-refractivity contribution in [3.8, 4) is 5.75 Å². The van der Waals surface area contributed by atoms with Crippen LogP contribution in [0.2, 0.25) is 0 Å². The SMILES string of the molecule is CNC(C)Cc1noc(COc2cccc(N3CCCC3=O)c2)n1.Cl. The summed E-state index contributed by atoms with van der Waals surface area (Å²) in [5.74, 6) is 1.94. The third-order valence-electron chi connectivity index (χ3n) is 4.06. The molecular weight excluding hydrogens is 344 g/mol. The predicted octanol–water partition coefficient (Wildman–Crippen LogP) is 2.35. The second kappa shape index (κ2) is 8.82. The molecule has 1 aromatic heterocycles. The minimum atomic E-state index is 0. The maximum absolute atomic E-state index is 11.8. The van der Waals surface area contributed by atoms with Gasteiger partial charge in [0.05, 0.1) is 0 Å². The van der Waals surface area contributed by atoms with E-state index in [0.29, 0.717) is 30.3 Å². The number of rotatable bonds is 7. The minimum absolute atomic E-state index is 0. The van der Waals surface area contributed by atoms with Crippen LogP contribution in [-0.4, -0.2) is 35.7 Å². The number of hydrogen-bond acceptors (Lipinski definition) is 6. The zero-order valence-electron chi connectivity index (χ0n) is 14.4. The number of carbonyl (C=O) groups is 1. The lowest BCUT2D eigenvalue weighted by Gasteiger charge is -2.16. The molecule has 1 atom stereocenters. The van der Waals surface area contributed by atoms with E-state index in [1.54, 1.807) is 4.90 Å². The standard InChI is InChI=1S/C17H22N4O3.ClH/c1-12(18-2)9-15-19-16(24-20-15)11-23-14-6-3-5-13(10-14)21-8-4-7-17(21)22;/h3,5-6,10,12,18H,4,7-9,11H2,1-2H3;1H. The minimum Gasteiger partial charge on any atom is -0.484 e. The lowest BCUT2D eigenvalue weighted by Crippen LogP contribution is -2.24. The first kappa shape index (κ1) is 19.2. The molecule has 25 heavy (non-hydrogen) atoms. The molecule has 1 saturated heterocycles. The number of amides is 1. The van der Waals surface area contributed by atoms with Gasteiger partial charge >= 0.3 is 0 Å². The first-order valence-corrected chi connectivity index (χ1v) is 8.17. The molecule has 0 aliphatic carbocycles. The van der Waals surface area contributed by atoms with Crippen LogP contribution in [0.1, 0.15) is 31.5 Å². The highest BCUT2D eigenvalue weighted by Crippen LogP contribution is 2.25. The number of benzene rings is 1. The second-order valence-corrected chi connectivity index (χ2v) is 5.93. The normalized spacial score (nSPS) is 15.1. The molecule has 1 aliphatic heterocycles. The van der Waals surface area contributed by atoms with Gasteiger partial charge in [-0.05, 0) is 32.5 Å². The average molecular weight is 367 g/mol. The summed E-state index contributed by atoms with van der Waals surface area (Å²) in [6, 6.07) is 7.80. The summed E-state index contributed by atoms with van der Waals surface area (Å²) < 4.78 is 10.9. The highest BCUT2D eigenvalue weighted by atomic mass is 35.5. The summed E-state index contributed by atoms with van der Waals surface area (Å²) in [5.41, 5.74) is 0.865. The van der Waals surface area contributed by atoms with E-state index in [-0.39, 0.29) is 31.0 Å². The van der Waals surface area contributed by atoms with Gasteiger partial charge in [-0.15, -0.1) is 12.4 Å². The Kier molecular flexibility index (Phi) is 6.78. The van der Waals surface area contributed by atoms with E-state index >= 15 is 0 Å². The molecule has 1 aromatic carbocycles. The van der Waals surface area contributed by atoms with Crippen molar-refractivity contribution >= 4 is 24.0 Å². The maximum atomic E-state index is 11.8. The van der Waals surface area contributed by atoms with Gasteiger partial charge in [-0.3, -0.25) is 4.79 Å². The Morgan fingerprint density at radius 3 is 3.00 bits per heavy atom. The maximum Gasteiger partial charge on any atom is 0.264 e. The van der Waals surface area contributed by atoms with Crippen molar-refractivity contribution in [2.45, 2.75) is 38.8 Å². The van der Waals surface area contributed by atoms with Crippen LogP contribution < -0.4 is 15.0 Å². The molecular formula is C17H23ClN4O3. The number of anilines is 1. The molecule has 0 bridgehead atoms. The molecule has 7 nitrogen and oxygen atoms in total. The van der Waals surface area contributed by atoms with Gasteiger partial charge in [-0.25, -0.2) is 0 Å². The quantitative estimate of drug-likeness (QED) is 0.810. The van der Waals surface area contributed by atoms with Crippen LogP contribution in [0, 0.1) is 0 Å². The second-order valence-electron chi connectivity index (χ2n) is 5.93. The fourth-order valence-electron chi connectivity index (χ4n) is 2.62. The molecule has 1 N–H and O–H groups in total. The topological polar surface area (TPSA) is 80.5 Å². The van der Waals surface area contributed by atoms with E-state index in [9.17, 15) is 4.79 Å². The Morgan fingerprint density at radius 2 is 2.28 bits per heavy atom. The van der Waals surface area contributed by atoms with E-state index in [4.69, 9.17) is 9.26 Å². The van der Waals surface area contributed by atoms with Crippen molar-refractivity contribution < 1.29 is 14.1 Å². The molecule has 1 aliphatic rings. The Bertz CT molecular complexity index is 707. The van der Waals surface area contributed by atoms with Gasteiger partial charge < -0.3 is 19.5 Å². The molecule has 1 fully saturated rings. The highest BCUT2D eigenvalue weighted by Gasteiger charge is 2.21. The van der Waals surface area contributed by atoms with E-state index in [1.165, 1.54) is 0 Å². The van der Waals surface area contributed by atoms with Crippen molar-refractivity contribution in [2.24, 2.45) is 0 Å². The number of nitrogens with zero attached hydrogens (tertiary/aromatic N) is 3. The van der Waals surface area contributed by atoms with Crippen LogP contribution >= 0.6 is 12.4 Å². The molecule has 0 spiro atoms. The Morgan fingerprint density at radius 1 is 1.44 bits per heavy atom. The van der Waals surface area contributed by atoms with Crippen LogP contribution in [-0.2, 0) is 17.8 Å². The van der Waals surface area contributed by atoms with Gasteiger partial charge in [0.25, 0.3) is 5.89 Å². The summed E-state index contributed by atoms with van der Waals surface area (Å²) in [5, 5.41) is 7.08. The van der Waals surface area contributed by atoms with Crippen LogP contribution in [0.15, 0.2) is 28.8 Å². The third-order valence-corrected chi connectivity index (χ3v) is 4.06. The summed E-state index contributed by atoms with van der Waals surface area (Å²) >= 11 is 0. The first-order chi connectivity index (χ1) is 11.7. The van der Waals surface area contributed by atoms with Crippen molar-refractivity contribution in [2.75, 3.05) is 18.5 Å². The summed E-state index contributed by atoms with van der Waals surface area (Å²) in [7, 11) is 1.90. The lowest BCUT2D eigenvalue weighted by atomic mass is 10.2. The van der Waals surface area contributed by atoms with E-state index in [0.717, 1.165) is 18.7 Å². The molecule has 3 rings (SSSR count). The summed E-state index contributed by atoms with van der Waals surface area (Å²) in [6.45, 7) is 3.02. The number of hydrogen-bond donors (Lipinski definition) is 1. The van der Waals surface area contributed by atoms with Gasteiger partial charge in [0.1, 0.15) is 5.75 Å². The number of nitrogens with one attached hydrogen (secondary N) is 1. The molecule has 0 radical (unpaired) electrons. The average Bonchev–Trinajstić information content (AvgIpc) is 3.22. The Hall–Kier alpha value is -2.12. The number of carbonyl (C=O) groups excluding carboxylic acids is 1. The van der Waals surface area contributed by atoms with E-state index in [1.807, 2.05) is 31.3 Å². The molecule has 1 amide bonds. The number of aromatic nitrogens is 2. The Labute approximate surface area is 153 Å².